The molecule has 0 spiro atoms. The fourth-order valence-corrected chi connectivity index (χ4v) is 1.98. The lowest BCUT2D eigenvalue weighted by molar-refractivity contribution is 0.210. The monoisotopic (exact) mass is 261 g/mol. The summed E-state index contributed by atoms with van der Waals surface area (Å²) in [5, 5.41) is 13.7. The van der Waals surface area contributed by atoms with Crippen molar-refractivity contribution in [3.8, 4) is 0 Å². The summed E-state index contributed by atoms with van der Waals surface area (Å²) in [6.45, 7) is 4.80. The Morgan fingerprint density at radius 1 is 1.25 bits per heavy atom. The van der Waals surface area contributed by atoms with Gasteiger partial charge in [-0.05, 0) is 18.1 Å². The highest BCUT2D eigenvalue weighted by Crippen LogP contribution is 2.24. The molecule has 0 aromatic heterocycles. The molecule has 2 N–H and O–H groups in total. The Morgan fingerprint density at radius 2 is 1.81 bits per heavy atom. The van der Waals surface area contributed by atoms with Gasteiger partial charge in [0.2, 0.25) is 0 Å². The molecule has 2 nitrogen and oxygen atoms in total. The van der Waals surface area contributed by atoms with Gasteiger partial charge in [0.15, 0.2) is 0 Å². The molecule has 0 aliphatic carbocycles. The normalized spacial score (nSPS) is 13.1. The molecule has 1 rings (SSSR count). The van der Waals surface area contributed by atoms with Crippen molar-refractivity contribution in [3.05, 3.63) is 33.8 Å². The second kappa shape index (κ2) is 6.45. The number of benzene rings is 1. The van der Waals surface area contributed by atoms with Crippen molar-refractivity contribution in [1.29, 1.82) is 0 Å². The smallest absolute Gasteiger partial charge is 0.0587 e. The van der Waals surface area contributed by atoms with E-state index in [9.17, 15) is 5.11 Å². The Hall–Kier alpha value is -0.280. The minimum absolute atomic E-state index is 0.0624. The van der Waals surface area contributed by atoms with Crippen molar-refractivity contribution in [2.24, 2.45) is 5.92 Å². The zero-order chi connectivity index (χ0) is 12.1. The van der Waals surface area contributed by atoms with Gasteiger partial charge in [-0.3, -0.25) is 0 Å². The molecule has 0 fully saturated rings. The van der Waals surface area contributed by atoms with Gasteiger partial charge in [0.05, 0.1) is 6.61 Å². The van der Waals surface area contributed by atoms with Crippen LogP contribution < -0.4 is 5.32 Å². The van der Waals surface area contributed by atoms with Gasteiger partial charge in [0, 0.05) is 28.2 Å². The average molecular weight is 262 g/mol. The number of rotatable bonds is 5. The van der Waals surface area contributed by atoms with Gasteiger partial charge in [-0.1, -0.05) is 43.1 Å². The summed E-state index contributed by atoms with van der Waals surface area (Å²) in [6.07, 6.45) is 0. The van der Waals surface area contributed by atoms with Crippen LogP contribution in [0, 0.1) is 5.92 Å². The van der Waals surface area contributed by atoms with Gasteiger partial charge >= 0.3 is 0 Å². The van der Waals surface area contributed by atoms with Gasteiger partial charge in [-0.2, -0.15) is 0 Å². The Morgan fingerprint density at radius 3 is 2.25 bits per heavy atom. The number of nitrogens with one attached hydrogen (secondary N) is 1. The van der Waals surface area contributed by atoms with E-state index in [1.165, 1.54) is 0 Å². The van der Waals surface area contributed by atoms with Crippen LogP contribution in [0.5, 0.6) is 0 Å². The summed E-state index contributed by atoms with van der Waals surface area (Å²) in [5.41, 5.74) is 0.880. The number of hydrogen-bond acceptors (Lipinski definition) is 2. The first kappa shape index (κ1) is 13.8. The van der Waals surface area contributed by atoms with Crippen molar-refractivity contribution in [1.82, 2.24) is 5.32 Å². The molecule has 90 valence electrons. The molecule has 0 bridgehead atoms. The first-order valence-electron chi connectivity index (χ1n) is 5.33. The molecular formula is C12H17Cl2NO. The van der Waals surface area contributed by atoms with Gasteiger partial charge in [0.1, 0.15) is 0 Å². The third kappa shape index (κ3) is 3.63. The molecule has 16 heavy (non-hydrogen) atoms. The highest BCUT2D eigenvalue weighted by atomic mass is 35.5. The molecular weight excluding hydrogens is 245 g/mol. The summed E-state index contributed by atoms with van der Waals surface area (Å²) in [7, 11) is 0. The fourth-order valence-electron chi connectivity index (χ4n) is 1.45. The quantitative estimate of drug-likeness (QED) is 0.854. The van der Waals surface area contributed by atoms with Crippen molar-refractivity contribution >= 4 is 23.2 Å². The van der Waals surface area contributed by atoms with Crippen LogP contribution in [0.15, 0.2) is 18.2 Å². The number of aliphatic hydroxyl groups excluding tert-OH is 1. The van der Waals surface area contributed by atoms with Gasteiger partial charge < -0.3 is 10.4 Å². The van der Waals surface area contributed by atoms with E-state index in [1.807, 2.05) is 18.2 Å². The predicted octanol–water partition coefficient (Wildman–Crippen LogP) is 3.10. The molecule has 0 saturated heterocycles. The third-order valence-corrected chi connectivity index (χ3v) is 3.31. The minimum Gasteiger partial charge on any atom is -0.395 e. The molecule has 0 unspecified atom stereocenters. The Labute approximate surface area is 107 Å². The van der Waals surface area contributed by atoms with Crippen molar-refractivity contribution in [3.63, 3.8) is 0 Å². The van der Waals surface area contributed by atoms with Crippen LogP contribution in [-0.2, 0) is 6.54 Å². The maximum Gasteiger partial charge on any atom is 0.0587 e. The highest BCUT2D eigenvalue weighted by molar-refractivity contribution is 6.35. The van der Waals surface area contributed by atoms with Crippen molar-refractivity contribution in [2.45, 2.75) is 26.4 Å². The van der Waals surface area contributed by atoms with Crippen molar-refractivity contribution in [2.75, 3.05) is 6.61 Å². The Balaban J connectivity index is 2.67. The summed E-state index contributed by atoms with van der Waals surface area (Å²) in [4.78, 5) is 0. The van der Waals surface area contributed by atoms with Gasteiger partial charge in [-0.15, -0.1) is 0 Å². The molecule has 0 aliphatic rings. The van der Waals surface area contributed by atoms with Crippen LogP contribution in [0.4, 0.5) is 0 Å². The average Bonchev–Trinajstić information content (AvgIpc) is 2.22. The van der Waals surface area contributed by atoms with Crippen molar-refractivity contribution < 1.29 is 5.11 Å². The van der Waals surface area contributed by atoms with E-state index >= 15 is 0 Å². The summed E-state index contributed by atoms with van der Waals surface area (Å²) >= 11 is 12.1. The van der Waals surface area contributed by atoms with E-state index < -0.39 is 0 Å². The van der Waals surface area contributed by atoms with Gasteiger partial charge in [0.25, 0.3) is 0 Å². The van der Waals surface area contributed by atoms with E-state index in [0.29, 0.717) is 22.5 Å². The zero-order valence-corrected chi connectivity index (χ0v) is 11.0. The molecule has 4 heteroatoms. The summed E-state index contributed by atoms with van der Waals surface area (Å²) in [5.74, 6) is 0.367. The number of hydrogen-bond donors (Lipinski definition) is 2. The zero-order valence-electron chi connectivity index (χ0n) is 9.50. The molecule has 1 aromatic rings. The second-order valence-corrected chi connectivity index (χ2v) is 4.93. The lowest BCUT2D eigenvalue weighted by atomic mass is 10.1. The van der Waals surface area contributed by atoms with E-state index in [1.54, 1.807) is 0 Å². The maximum absolute atomic E-state index is 9.18. The lowest BCUT2D eigenvalue weighted by Crippen LogP contribution is -2.36. The second-order valence-electron chi connectivity index (χ2n) is 4.11. The van der Waals surface area contributed by atoms with E-state index in [-0.39, 0.29) is 12.6 Å². The molecule has 0 saturated carbocycles. The van der Waals surface area contributed by atoms with Crippen LogP contribution >= 0.6 is 23.2 Å². The third-order valence-electron chi connectivity index (χ3n) is 2.60. The first-order valence-corrected chi connectivity index (χ1v) is 6.09. The van der Waals surface area contributed by atoms with E-state index in [0.717, 1.165) is 5.56 Å². The Bertz CT molecular complexity index is 322. The standard InChI is InChI=1S/C12H17Cl2NO/c1-8(2)12(7-16)15-6-9-10(13)4-3-5-11(9)14/h3-5,8,12,15-16H,6-7H2,1-2H3/t12-/m1/s1. The van der Waals surface area contributed by atoms with Crippen LogP contribution in [0.25, 0.3) is 0 Å². The minimum atomic E-state index is 0.0624. The molecule has 1 atom stereocenters. The summed E-state index contributed by atoms with van der Waals surface area (Å²) < 4.78 is 0. The largest absolute Gasteiger partial charge is 0.395 e. The highest BCUT2D eigenvalue weighted by Gasteiger charge is 2.13. The number of halogens is 2. The molecule has 1 aromatic carbocycles. The Kier molecular flexibility index (Phi) is 5.56. The SMILES string of the molecule is CC(C)[C@@H](CO)NCc1c(Cl)cccc1Cl. The molecule has 0 radical (unpaired) electrons. The van der Waals surface area contributed by atoms with E-state index in [2.05, 4.69) is 19.2 Å². The van der Waals surface area contributed by atoms with Crippen LogP contribution in [0.1, 0.15) is 19.4 Å². The first-order chi connectivity index (χ1) is 7.56. The van der Waals surface area contributed by atoms with Gasteiger partial charge in [-0.25, -0.2) is 0 Å². The van der Waals surface area contributed by atoms with Crippen LogP contribution in [0.2, 0.25) is 10.0 Å². The maximum atomic E-state index is 9.18. The van der Waals surface area contributed by atoms with E-state index in [4.69, 9.17) is 23.2 Å². The van der Waals surface area contributed by atoms with Crippen LogP contribution in [-0.4, -0.2) is 17.8 Å². The fraction of sp³-hybridized carbons (Fsp3) is 0.500. The number of aliphatic hydroxyl groups is 1. The molecule has 0 heterocycles. The predicted molar refractivity (Wildman–Crippen MR) is 69.0 cm³/mol. The summed E-state index contributed by atoms with van der Waals surface area (Å²) in [6, 6.07) is 5.51. The van der Waals surface area contributed by atoms with Crippen LogP contribution in [0.3, 0.4) is 0 Å². The lowest BCUT2D eigenvalue weighted by Gasteiger charge is -2.20. The topological polar surface area (TPSA) is 32.3 Å². The molecule has 0 amide bonds. The molecule has 0 aliphatic heterocycles.